The van der Waals surface area contributed by atoms with Crippen LogP contribution < -0.4 is 10.2 Å². The molecule has 1 amide bonds. The van der Waals surface area contributed by atoms with Crippen LogP contribution in [0, 0.1) is 0 Å². The molecular formula is C27H27BrN6O2S. The molecule has 0 fully saturated rings. The summed E-state index contributed by atoms with van der Waals surface area (Å²) in [6.45, 7) is 2.88. The highest BCUT2D eigenvalue weighted by atomic mass is 79.9. The zero-order chi connectivity index (χ0) is 25.9. The molecule has 1 N–H and O–H groups in total. The first kappa shape index (κ1) is 26.6. The maximum Gasteiger partial charge on any atom is 0.250 e. The van der Waals surface area contributed by atoms with Crippen molar-refractivity contribution >= 4 is 39.8 Å². The highest BCUT2D eigenvalue weighted by Crippen LogP contribution is 2.28. The van der Waals surface area contributed by atoms with Gasteiger partial charge in [0.05, 0.1) is 18.6 Å². The SMILES string of the molecule is CCCCCOc1ccc(C=NNC(=O)CSc2nnc(-c3cccnc3)n2-c2ccc(Br)cc2)cc1. The molecule has 2 aromatic carbocycles. The van der Waals surface area contributed by atoms with Crippen molar-refractivity contribution in [2.24, 2.45) is 5.10 Å². The second kappa shape index (κ2) is 13.7. The number of halogens is 1. The number of hydrazone groups is 1. The third kappa shape index (κ3) is 7.74. The van der Waals surface area contributed by atoms with Gasteiger partial charge in [-0.1, -0.05) is 47.5 Å². The molecule has 4 rings (SSSR count). The average Bonchev–Trinajstić information content (AvgIpc) is 3.36. The predicted octanol–water partition coefficient (Wildman–Crippen LogP) is 5.90. The molecule has 0 bridgehead atoms. The van der Waals surface area contributed by atoms with Gasteiger partial charge >= 0.3 is 0 Å². The number of hydrogen-bond donors (Lipinski definition) is 1. The largest absolute Gasteiger partial charge is 0.494 e. The number of rotatable bonds is 12. The standard InChI is InChI=1S/C27H27BrN6O2S/c1-2-3-4-16-36-24-13-7-20(8-14-24)17-30-31-25(35)19-37-27-33-32-26(21-6-5-15-29-18-21)34(27)23-11-9-22(28)10-12-23/h5-15,17-18H,2-4,16,19H2,1H3,(H,31,35). The number of pyridine rings is 1. The Morgan fingerprint density at radius 3 is 2.65 bits per heavy atom. The quantitative estimate of drug-likeness (QED) is 0.0972. The number of benzene rings is 2. The van der Waals surface area contributed by atoms with Crippen LogP contribution in [0.5, 0.6) is 5.75 Å². The molecule has 0 spiro atoms. The number of aromatic nitrogens is 4. The van der Waals surface area contributed by atoms with Gasteiger partial charge in [-0.05, 0) is 72.6 Å². The zero-order valence-electron chi connectivity index (χ0n) is 20.4. The Morgan fingerprint density at radius 2 is 1.92 bits per heavy atom. The van der Waals surface area contributed by atoms with Gasteiger partial charge in [-0.15, -0.1) is 10.2 Å². The predicted molar refractivity (Wildman–Crippen MR) is 150 cm³/mol. The molecule has 0 aliphatic rings. The van der Waals surface area contributed by atoms with Crippen molar-refractivity contribution in [1.29, 1.82) is 0 Å². The van der Waals surface area contributed by atoms with Gasteiger partial charge in [-0.25, -0.2) is 5.43 Å². The summed E-state index contributed by atoms with van der Waals surface area (Å²) in [5, 5.41) is 13.4. The normalized spacial score (nSPS) is 11.1. The molecule has 2 heterocycles. The molecule has 0 aliphatic heterocycles. The lowest BCUT2D eigenvalue weighted by atomic mass is 10.2. The molecule has 0 atom stereocenters. The van der Waals surface area contributed by atoms with E-state index in [-0.39, 0.29) is 11.7 Å². The maximum absolute atomic E-state index is 12.5. The van der Waals surface area contributed by atoms with E-state index < -0.39 is 0 Å². The molecule has 4 aromatic rings. The minimum Gasteiger partial charge on any atom is -0.494 e. The van der Waals surface area contributed by atoms with Crippen LogP contribution in [0.4, 0.5) is 0 Å². The van der Waals surface area contributed by atoms with Gasteiger partial charge < -0.3 is 4.74 Å². The van der Waals surface area contributed by atoms with Crippen LogP contribution >= 0.6 is 27.7 Å². The Hall–Kier alpha value is -3.50. The lowest BCUT2D eigenvalue weighted by molar-refractivity contribution is -0.118. The van der Waals surface area contributed by atoms with Crippen molar-refractivity contribution in [3.8, 4) is 22.8 Å². The number of amides is 1. The number of carbonyl (C=O) groups is 1. The topological polar surface area (TPSA) is 94.3 Å². The monoisotopic (exact) mass is 578 g/mol. The van der Waals surface area contributed by atoms with E-state index in [1.54, 1.807) is 18.6 Å². The molecule has 0 saturated carbocycles. The van der Waals surface area contributed by atoms with Crippen molar-refractivity contribution in [2.45, 2.75) is 31.3 Å². The van der Waals surface area contributed by atoms with E-state index in [1.807, 2.05) is 65.2 Å². The second-order valence-electron chi connectivity index (χ2n) is 8.07. The summed E-state index contributed by atoms with van der Waals surface area (Å²) >= 11 is 4.76. The number of nitrogens with one attached hydrogen (secondary N) is 1. The van der Waals surface area contributed by atoms with Crippen molar-refractivity contribution in [3.63, 3.8) is 0 Å². The molecule has 0 saturated heterocycles. The molecule has 10 heteroatoms. The van der Waals surface area contributed by atoms with Crippen LogP contribution in [0.15, 0.2) is 87.8 Å². The number of nitrogens with zero attached hydrogens (tertiary/aromatic N) is 5. The Morgan fingerprint density at radius 1 is 1.11 bits per heavy atom. The van der Waals surface area contributed by atoms with Crippen LogP contribution in [0.3, 0.4) is 0 Å². The number of unbranched alkanes of at least 4 members (excludes halogenated alkanes) is 2. The van der Waals surface area contributed by atoms with Crippen LogP contribution in [0.1, 0.15) is 31.7 Å². The van der Waals surface area contributed by atoms with E-state index in [0.29, 0.717) is 17.6 Å². The Kier molecular flexibility index (Phi) is 9.84. The summed E-state index contributed by atoms with van der Waals surface area (Å²) in [6.07, 6.45) is 8.43. The summed E-state index contributed by atoms with van der Waals surface area (Å²) in [7, 11) is 0. The fourth-order valence-electron chi connectivity index (χ4n) is 3.40. The van der Waals surface area contributed by atoms with Crippen LogP contribution in [-0.4, -0.2) is 44.2 Å². The number of carbonyl (C=O) groups excluding carboxylic acids is 1. The van der Waals surface area contributed by atoms with Gasteiger partial charge in [0.2, 0.25) is 0 Å². The minimum atomic E-state index is -0.245. The zero-order valence-corrected chi connectivity index (χ0v) is 22.8. The first-order valence-electron chi connectivity index (χ1n) is 11.9. The molecule has 0 unspecified atom stereocenters. The highest BCUT2D eigenvalue weighted by molar-refractivity contribution is 9.10. The summed E-state index contributed by atoms with van der Waals surface area (Å²) < 4.78 is 8.60. The molecule has 2 aromatic heterocycles. The number of thioether (sulfide) groups is 1. The van der Waals surface area contributed by atoms with Crippen molar-refractivity contribution in [2.75, 3.05) is 12.4 Å². The molecule has 0 radical (unpaired) electrons. The van der Waals surface area contributed by atoms with Crippen molar-refractivity contribution in [1.82, 2.24) is 25.2 Å². The van der Waals surface area contributed by atoms with E-state index in [9.17, 15) is 4.79 Å². The van der Waals surface area contributed by atoms with Crippen LogP contribution in [0.2, 0.25) is 0 Å². The van der Waals surface area contributed by atoms with Crippen LogP contribution in [0.25, 0.3) is 17.1 Å². The van der Waals surface area contributed by atoms with Gasteiger partial charge in [0.1, 0.15) is 5.75 Å². The first-order valence-corrected chi connectivity index (χ1v) is 13.7. The second-order valence-corrected chi connectivity index (χ2v) is 9.92. The van der Waals surface area contributed by atoms with E-state index in [0.717, 1.165) is 39.9 Å². The van der Waals surface area contributed by atoms with Crippen molar-refractivity contribution < 1.29 is 9.53 Å². The Balaban J connectivity index is 1.36. The van der Waals surface area contributed by atoms with Gasteiger partial charge in [-0.2, -0.15) is 5.10 Å². The summed E-state index contributed by atoms with van der Waals surface area (Å²) in [6, 6.07) is 19.2. The first-order chi connectivity index (χ1) is 18.1. The molecule has 190 valence electrons. The fourth-order valence-corrected chi connectivity index (χ4v) is 4.41. The van der Waals surface area contributed by atoms with E-state index >= 15 is 0 Å². The molecule has 8 nitrogen and oxygen atoms in total. The number of ether oxygens (including phenoxy) is 1. The lowest BCUT2D eigenvalue weighted by Gasteiger charge is -2.10. The van der Waals surface area contributed by atoms with Gasteiger partial charge in [0, 0.05) is 28.1 Å². The Labute approximate surface area is 228 Å². The summed E-state index contributed by atoms with van der Waals surface area (Å²) in [4.78, 5) is 16.7. The summed E-state index contributed by atoms with van der Waals surface area (Å²) in [5.41, 5.74) is 5.15. The number of hydrogen-bond acceptors (Lipinski definition) is 7. The molecular weight excluding hydrogens is 552 g/mol. The van der Waals surface area contributed by atoms with E-state index in [4.69, 9.17) is 4.74 Å². The lowest BCUT2D eigenvalue weighted by Crippen LogP contribution is -2.20. The molecule has 0 aliphatic carbocycles. The van der Waals surface area contributed by atoms with Gasteiger partial charge in [0.15, 0.2) is 11.0 Å². The maximum atomic E-state index is 12.5. The van der Waals surface area contributed by atoms with Gasteiger partial charge in [0.25, 0.3) is 5.91 Å². The Bertz CT molecular complexity index is 1310. The van der Waals surface area contributed by atoms with Gasteiger partial charge in [-0.3, -0.25) is 14.3 Å². The minimum absolute atomic E-state index is 0.129. The van der Waals surface area contributed by atoms with E-state index in [2.05, 4.69) is 48.6 Å². The average molecular weight is 580 g/mol. The third-order valence-electron chi connectivity index (χ3n) is 5.27. The smallest absolute Gasteiger partial charge is 0.250 e. The van der Waals surface area contributed by atoms with Crippen molar-refractivity contribution in [3.05, 3.63) is 83.1 Å². The highest BCUT2D eigenvalue weighted by Gasteiger charge is 2.17. The molecule has 37 heavy (non-hydrogen) atoms. The van der Waals surface area contributed by atoms with Crippen LogP contribution in [-0.2, 0) is 4.79 Å². The summed E-state index contributed by atoms with van der Waals surface area (Å²) in [5.74, 6) is 1.36. The third-order valence-corrected chi connectivity index (χ3v) is 6.73. The van der Waals surface area contributed by atoms with E-state index in [1.165, 1.54) is 18.2 Å². The fraction of sp³-hybridized carbons (Fsp3) is 0.222.